The predicted molar refractivity (Wildman–Crippen MR) is 185 cm³/mol. The van der Waals surface area contributed by atoms with Gasteiger partial charge in [0.05, 0.1) is 0 Å². The molecule has 5 aromatic carbocycles. The SMILES string of the molecule is C=[C-]CCCCC=C.CC(C)(C)c1ccc2c(c1)[cH-]c1cc(C(C)(C)C)ccc12.[CH2-]c1ccccc1.[Hf+4].c1cc[cH-]c1. The number of allylic oxidation sites excluding steroid dienone is 2. The summed E-state index contributed by atoms with van der Waals surface area (Å²) in [6, 6.07) is 36.1. The van der Waals surface area contributed by atoms with Gasteiger partial charge in [-0.05, 0) is 17.3 Å². The smallest absolute Gasteiger partial charge is 0.504 e. The number of rotatable bonds is 5. The van der Waals surface area contributed by atoms with E-state index in [1.807, 2.05) is 66.7 Å². The second-order valence-electron chi connectivity index (χ2n) is 12.5. The van der Waals surface area contributed by atoms with Crippen LogP contribution < -0.4 is 0 Å². The van der Waals surface area contributed by atoms with Crippen molar-refractivity contribution in [3.8, 4) is 0 Å². The molecule has 0 amide bonds. The van der Waals surface area contributed by atoms with Crippen LogP contribution in [0.4, 0.5) is 0 Å². The Morgan fingerprint density at radius 3 is 1.57 bits per heavy atom. The summed E-state index contributed by atoms with van der Waals surface area (Å²) in [5.41, 5.74) is 4.29. The summed E-state index contributed by atoms with van der Waals surface area (Å²) in [5, 5.41) is 5.48. The van der Waals surface area contributed by atoms with Gasteiger partial charge in [-0.15, -0.1) is 58.5 Å². The fourth-order valence-electron chi connectivity index (χ4n) is 4.29. The first kappa shape index (κ1) is 37.1. The molecule has 0 radical (unpaired) electrons. The first-order valence-corrected chi connectivity index (χ1v) is 14.8. The number of unbranched alkanes of at least 4 members (excludes halogenated alkanes) is 3. The second kappa shape index (κ2) is 18.6. The van der Waals surface area contributed by atoms with Crippen molar-refractivity contribution in [3.63, 3.8) is 0 Å². The Labute approximate surface area is 276 Å². The number of benzene rings is 3. The Morgan fingerprint density at radius 1 is 0.738 bits per heavy atom. The van der Waals surface area contributed by atoms with Crippen molar-refractivity contribution >= 4 is 21.5 Å². The van der Waals surface area contributed by atoms with E-state index in [0.29, 0.717) is 0 Å². The third kappa shape index (κ3) is 13.0. The Bertz CT molecular complexity index is 1320. The molecule has 0 N–H and O–H groups in total. The summed E-state index contributed by atoms with van der Waals surface area (Å²) >= 11 is 0. The largest absolute Gasteiger partial charge is 4.00 e. The van der Waals surface area contributed by atoms with Crippen LogP contribution in [-0.2, 0) is 36.7 Å². The van der Waals surface area contributed by atoms with Gasteiger partial charge in [0.1, 0.15) is 0 Å². The Morgan fingerprint density at radius 2 is 1.24 bits per heavy atom. The van der Waals surface area contributed by atoms with Crippen LogP contribution in [0.5, 0.6) is 0 Å². The van der Waals surface area contributed by atoms with Crippen molar-refractivity contribution in [1.82, 2.24) is 0 Å². The Hall–Kier alpha value is -2.90. The average molecular weight is 721 g/mol. The predicted octanol–water partition coefficient (Wildman–Crippen LogP) is 12.3. The van der Waals surface area contributed by atoms with Crippen LogP contribution in [0.15, 0.2) is 122 Å². The number of hydrogen-bond acceptors (Lipinski definition) is 0. The van der Waals surface area contributed by atoms with Crippen LogP contribution >= 0.6 is 0 Å². The van der Waals surface area contributed by atoms with Crippen LogP contribution in [0.3, 0.4) is 0 Å². The zero-order chi connectivity index (χ0) is 30.3. The molecule has 0 aliphatic heterocycles. The quantitative estimate of drug-likeness (QED) is 0.0734. The summed E-state index contributed by atoms with van der Waals surface area (Å²) in [4.78, 5) is 0. The van der Waals surface area contributed by atoms with Gasteiger partial charge in [-0.2, -0.15) is 49.2 Å². The normalized spacial score (nSPS) is 10.6. The zero-order valence-electron chi connectivity index (χ0n) is 26.8. The third-order valence-corrected chi connectivity index (χ3v) is 6.85. The van der Waals surface area contributed by atoms with Crippen molar-refractivity contribution in [3.05, 3.63) is 152 Å². The minimum Gasteiger partial charge on any atom is -0.504 e. The van der Waals surface area contributed by atoms with Crippen LogP contribution in [0.25, 0.3) is 21.5 Å². The fourth-order valence-corrected chi connectivity index (χ4v) is 4.29. The first-order valence-electron chi connectivity index (χ1n) is 14.8. The summed E-state index contributed by atoms with van der Waals surface area (Å²) in [7, 11) is 0. The van der Waals surface area contributed by atoms with E-state index in [4.69, 9.17) is 0 Å². The van der Waals surface area contributed by atoms with Crippen molar-refractivity contribution in [2.24, 2.45) is 0 Å². The Kier molecular flexibility index (Phi) is 16.4. The molecule has 0 saturated heterocycles. The van der Waals surface area contributed by atoms with Gasteiger partial charge in [-0.25, -0.2) is 12.1 Å². The molecule has 0 aliphatic carbocycles. The topological polar surface area (TPSA) is 0 Å². The summed E-state index contributed by atoms with van der Waals surface area (Å²) in [5.74, 6) is 0. The maximum absolute atomic E-state index is 3.72. The monoisotopic (exact) mass is 722 g/mol. The second-order valence-corrected chi connectivity index (χ2v) is 12.5. The molecule has 42 heavy (non-hydrogen) atoms. The molecule has 0 saturated carbocycles. The zero-order valence-corrected chi connectivity index (χ0v) is 30.4. The van der Waals surface area contributed by atoms with Crippen LogP contribution in [-0.4, -0.2) is 0 Å². The molecule has 0 unspecified atom stereocenters. The van der Waals surface area contributed by atoms with Gasteiger partial charge in [-0.1, -0.05) is 102 Å². The maximum Gasteiger partial charge on any atom is 4.00 e. The van der Waals surface area contributed by atoms with Gasteiger partial charge in [0.25, 0.3) is 0 Å². The van der Waals surface area contributed by atoms with E-state index in [2.05, 4.69) is 110 Å². The molecular formula is C41H50Hf. The van der Waals surface area contributed by atoms with Crippen molar-refractivity contribution in [2.45, 2.75) is 78.1 Å². The first-order chi connectivity index (χ1) is 19.5. The van der Waals surface area contributed by atoms with Crippen molar-refractivity contribution in [2.75, 3.05) is 0 Å². The van der Waals surface area contributed by atoms with E-state index in [1.54, 1.807) is 0 Å². The van der Waals surface area contributed by atoms with Crippen molar-refractivity contribution < 1.29 is 25.8 Å². The molecule has 0 heterocycles. The molecule has 5 aromatic rings. The molecule has 1 heteroatoms. The third-order valence-electron chi connectivity index (χ3n) is 6.85. The van der Waals surface area contributed by atoms with Gasteiger partial charge in [0, 0.05) is 0 Å². The van der Waals surface area contributed by atoms with E-state index in [9.17, 15) is 0 Å². The van der Waals surface area contributed by atoms with E-state index in [0.717, 1.165) is 18.4 Å². The number of hydrogen-bond donors (Lipinski definition) is 0. The Balaban J connectivity index is 0.000000344. The molecule has 5 rings (SSSR count). The van der Waals surface area contributed by atoms with Gasteiger partial charge >= 0.3 is 25.8 Å². The van der Waals surface area contributed by atoms with E-state index in [1.165, 1.54) is 45.5 Å². The minimum absolute atomic E-state index is 0. The summed E-state index contributed by atoms with van der Waals surface area (Å²) in [6.45, 7) is 24.5. The molecule has 0 nitrogen and oxygen atoms in total. The molecule has 0 aliphatic rings. The van der Waals surface area contributed by atoms with E-state index in [-0.39, 0.29) is 36.7 Å². The van der Waals surface area contributed by atoms with Crippen molar-refractivity contribution in [1.29, 1.82) is 0 Å². The van der Waals surface area contributed by atoms with E-state index < -0.39 is 0 Å². The van der Waals surface area contributed by atoms with Crippen LogP contribution in [0, 0.1) is 13.0 Å². The molecule has 0 bridgehead atoms. The van der Waals surface area contributed by atoms with Crippen LogP contribution in [0.1, 0.15) is 83.9 Å². The molecule has 218 valence electrons. The molecule has 0 atom stereocenters. The van der Waals surface area contributed by atoms with Crippen LogP contribution in [0.2, 0.25) is 0 Å². The van der Waals surface area contributed by atoms with Gasteiger partial charge < -0.3 is 6.08 Å². The van der Waals surface area contributed by atoms with Gasteiger partial charge in [-0.3, -0.25) is 6.58 Å². The summed E-state index contributed by atoms with van der Waals surface area (Å²) < 4.78 is 0. The maximum atomic E-state index is 3.72. The summed E-state index contributed by atoms with van der Waals surface area (Å²) in [6.07, 6.45) is 9.37. The van der Waals surface area contributed by atoms with Gasteiger partial charge in [0.2, 0.25) is 0 Å². The molecule has 0 spiro atoms. The molecule has 0 fully saturated rings. The van der Waals surface area contributed by atoms with Gasteiger partial charge in [0.15, 0.2) is 0 Å². The average Bonchev–Trinajstić information content (AvgIpc) is 3.63. The molecule has 0 aromatic heterocycles. The fraction of sp³-hybridized carbons (Fsp3) is 0.293. The molecular weight excluding hydrogens is 671 g/mol. The minimum atomic E-state index is 0. The number of fused-ring (bicyclic) bond motifs is 3. The standard InChI is InChI=1S/C21H25.C8H13.C7H7.C5H5.Hf/c1-20(2,3)16-7-9-18-14(12-16)11-15-13-17(21(4,5)6)8-10-19(15)18;1-3-5-7-8-6-4-2;1-7-5-3-2-4-6-7;1-2-4-5-3-1;/h7-13H,1-6H3;3H,1-2,5-8H2;2-6H,1H2;1-5H;/q4*-1;+4. The van der Waals surface area contributed by atoms with E-state index >= 15 is 0 Å².